The Kier molecular flexibility index (Phi) is 6.38. The second kappa shape index (κ2) is 9.16. The van der Waals surface area contributed by atoms with E-state index in [0.29, 0.717) is 11.1 Å². The van der Waals surface area contributed by atoms with Crippen LogP contribution in [-0.2, 0) is 11.3 Å². The molecule has 0 saturated carbocycles. The Labute approximate surface area is 177 Å². The summed E-state index contributed by atoms with van der Waals surface area (Å²) in [7, 11) is 0. The fourth-order valence-electron chi connectivity index (χ4n) is 3.86. The maximum atomic E-state index is 6.17. The highest BCUT2D eigenvalue weighted by molar-refractivity contribution is 6.30. The fraction of sp³-hybridized carbons (Fsp3) is 0.435. The van der Waals surface area contributed by atoms with Crippen LogP contribution in [0.2, 0.25) is 5.02 Å². The summed E-state index contributed by atoms with van der Waals surface area (Å²) in [5.41, 5.74) is 3.36. The Balaban J connectivity index is 1.52. The van der Waals surface area contributed by atoms with Gasteiger partial charge in [0, 0.05) is 24.7 Å². The topological polar surface area (TPSA) is 48.3 Å². The Morgan fingerprint density at radius 2 is 2.07 bits per heavy atom. The number of aromatic nitrogens is 2. The van der Waals surface area contributed by atoms with Crippen LogP contribution in [0.1, 0.15) is 37.3 Å². The van der Waals surface area contributed by atoms with Crippen molar-refractivity contribution < 1.29 is 9.47 Å². The number of benzene rings is 2. The first-order valence-corrected chi connectivity index (χ1v) is 10.7. The van der Waals surface area contributed by atoms with Crippen LogP contribution in [0.3, 0.4) is 0 Å². The van der Waals surface area contributed by atoms with Gasteiger partial charge in [0.25, 0.3) is 0 Å². The van der Waals surface area contributed by atoms with Gasteiger partial charge in [-0.25, -0.2) is 4.98 Å². The summed E-state index contributed by atoms with van der Waals surface area (Å²) >= 11 is 5.99. The Morgan fingerprint density at radius 3 is 2.83 bits per heavy atom. The molecule has 4 rings (SSSR count). The third-order valence-electron chi connectivity index (χ3n) is 5.39. The molecule has 3 aromatic rings. The quantitative estimate of drug-likeness (QED) is 0.533. The Hall–Kier alpha value is -2.08. The van der Waals surface area contributed by atoms with Gasteiger partial charge < -0.3 is 19.4 Å². The van der Waals surface area contributed by atoms with Gasteiger partial charge in [-0.05, 0) is 69.1 Å². The molecule has 1 aromatic heterocycles. The number of nitrogens with one attached hydrogen (secondary N) is 1. The van der Waals surface area contributed by atoms with Crippen LogP contribution in [-0.4, -0.2) is 35.4 Å². The largest absolute Gasteiger partial charge is 0.483 e. The van der Waals surface area contributed by atoms with Crippen molar-refractivity contribution in [3.8, 4) is 5.75 Å². The average molecular weight is 414 g/mol. The molecular weight excluding hydrogens is 386 g/mol. The highest BCUT2D eigenvalue weighted by atomic mass is 35.5. The van der Waals surface area contributed by atoms with Gasteiger partial charge in [-0.3, -0.25) is 0 Å². The molecule has 2 unspecified atom stereocenters. The van der Waals surface area contributed by atoms with Gasteiger partial charge in [0.1, 0.15) is 5.75 Å². The molecule has 5 nitrogen and oxygen atoms in total. The number of hydrogen-bond donors (Lipinski definition) is 1. The second-order valence-corrected chi connectivity index (χ2v) is 8.05. The number of hydrogen-bond acceptors (Lipinski definition) is 4. The van der Waals surface area contributed by atoms with Crippen molar-refractivity contribution in [2.75, 3.05) is 19.7 Å². The van der Waals surface area contributed by atoms with E-state index in [9.17, 15) is 0 Å². The molecule has 0 bridgehead atoms. The van der Waals surface area contributed by atoms with Gasteiger partial charge >= 0.3 is 0 Å². The van der Waals surface area contributed by atoms with E-state index in [1.807, 2.05) is 31.2 Å². The number of para-hydroxylation sites is 1. The number of imidazole rings is 1. The van der Waals surface area contributed by atoms with E-state index in [2.05, 4.69) is 35.0 Å². The lowest BCUT2D eigenvalue weighted by Crippen LogP contribution is -2.18. The minimum atomic E-state index is -0.178. The molecule has 1 saturated heterocycles. The first-order chi connectivity index (χ1) is 14.1. The fourth-order valence-corrected chi connectivity index (χ4v) is 3.99. The summed E-state index contributed by atoms with van der Waals surface area (Å²) in [4.78, 5) is 4.94. The van der Waals surface area contributed by atoms with Gasteiger partial charge in [-0.15, -0.1) is 0 Å². The van der Waals surface area contributed by atoms with Crippen LogP contribution in [0.15, 0.2) is 42.5 Å². The van der Waals surface area contributed by atoms with E-state index in [1.54, 1.807) is 0 Å². The van der Waals surface area contributed by atoms with Crippen molar-refractivity contribution in [3.05, 3.63) is 58.9 Å². The van der Waals surface area contributed by atoms with Crippen molar-refractivity contribution in [3.63, 3.8) is 0 Å². The van der Waals surface area contributed by atoms with Crippen molar-refractivity contribution in [2.45, 2.75) is 45.4 Å². The minimum absolute atomic E-state index is 0.178. The molecule has 0 spiro atoms. The first-order valence-electron chi connectivity index (χ1n) is 10.3. The maximum Gasteiger partial charge on any atom is 0.153 e. The molecule has 0 radical (unpaired) electrons. The zero-order valence-electron chi connectivity index (χ0n) is 17.0. The van der Waals surface area contributed by atoms with Crippen LogP contribution >= 0.6 is 11.6 Å². The van der Waals surface area contributed by atoms with Gasteiger partial charge in [-0.2, -0.15) is 0 Å². The Bertz CT molecular complexity index is 949. The average Bonchev–Trinajstić information content (AvgIpc) is 3.36. The molecule has 1 aliphatic heterocycles. The van der Waals surface area contributed by atoms with Crippen molar-refractivity contribution in [1.82, 2.24) is 14.9 Å². The predicted octanol–water partition coefficient (Wildman–Crippen LogP) is 4.91. The molecule has 1 N–H and O–H groups in total. The lowest BCUT2D eigenvalue weighted by atomic mass is 10.2. The zero-order valence-corrected chi connectivity index (χ0v) is 17.8. The maximum absolute atomic E-state index is 6.17. The monoisotopic (exact) mass is 413 g/mol. The van der Waals surface area contributed by atoms with E-state index < -0.39 is 0 Å². The molecule has 2 aromatic carbocycles. The van der Waals surface area contributed by atoms with E-state index in [-0.39, 0.29) is 6.10 Å². The summed E-state index contributed by atoms with van der Waals surface area (Å²) < 4.78 is 14.5. The summed E-state index contributed by atoms with van der Waals surface area (Å²) in [5.74, 6) is 1.72. The van der Waals surface area contributed by atoms with Crippen LogP contribution in [0, 0.1) is 6.92 Å². The molecule has 6 heteroatoms. The van der Waals surface area contributed by atoms with Crippen molar-refractivity contribution >= 4 is 22.6 Å². The van der Waals surface area contributed by atoms with E-state index in [4.69, 9.17) is 26.1 Å². The highest BCUT2D eigenvalue weighted by Crippen LogP contribution is 2.27. The summed E-state index contributed by atoms with van der Waals surface area (Å²) in [6.07, 6.45) is 2.22. The predicted molar refractivity (Wildman–Crippen MR) is 117 cm³/mol. The minimum Gasteiger partial charge on any atom is -0.483 e. The third-order valence-corrected chi connectivity index (χ3v) is 5.65. The first kappa shape index (κ1) is 20.2. The van der Waals surface area contributed by atoms with Gasteiger partial charge in [0.15, 0.2) is 11.9 Å². The molecule has 0 amide bonds. The normalized spacial score (nSPS) is 17.7. The lowest BCUT2D eigenvalue weighted by molar-refractivity contribution is 0.0631. The lowest BCUT2D eigenvalue weighted by Gasteiger charge is -2.17. The van der Waals surface area contributed by atoms with Gasteiger partial charge in [-0.1, -0.05) is 23.7 Å². The molecule has 154 valence electrons. The molecule has 2 heterocycles. The number of fused-ring (bicyclic) bond motifs is 1. The van der Waals surface area contributed by atoms with Crippen LogP contribution < -0.4 is 10.1 Å². The highest BCUT2D eigenvalue weighted by Gasteiger charge is 2.19. The van der Waals surface area contributed by atoms with E-state index >= 15 is 0 Å². The molecular formula is C23H28ClN3O2. The molecule has 29 heavy (non-hydrogen) atoms. The van der Waals surface area contributed by atoms with E-state index in [0.717, 1.165) is 61.7 Å². The number of aryl methyl sites for hydroxylation is 2. The standard InChI is InChI=1S/C23H28ClN3O2/c1-16-5-3-6-21-22(16)26-23(17(2)29-19-9-7-18(24)8-10-19)27(21)13-4-14-28-20-11-12-25-15-20/h3,5-10,17,20,25H,4,11-15H2,1-2H3. The molecule has 1 fully saturated rings. The second-order valence-electron chi connectivity index (χ2n) is 7.62. The zero-order chi connectivity index (χ0) is 20.2. The number of nitrogens with zero attached hydrogens (tertiary/aromatic N) is 2. The summed E-state index contributed by atoms with van der Waals surface area (Å²) in [5, 5.41) is 4.04. The number of halogens is 1. The van der Waals surface area contributed by atoms with Crippen LogP contribution in [0.25, 0.3) is 11.0 Å². The van der Waals surface area contributed by atoms with Crippen molar-refractivity contribution in [1.29, 1.82) is 0 Å². The molecule has 0 aliphatic carbocycles. The smallest absolute Gasteiger partial charge is 0.153 e. The van der Waals surface area contributed by atoms with Crippen molar-refractivity contribution in [2.24, 2.45) is 0 Å². The number of rotatable bonds is 8. The van der Waals surface area contributed by atoms with Gasteiger partial charge in [0.05, 0.1) is 17.1 Å². The molecule has 1 aliphatic rings. The molecule has 2 atom stereocenters. The van der Waals surface area contributed by atoms with Crippen LogP contribution in [0.5, 0.6) is 5.75 Å². The SMILES string of the molecule is Cc1cccc2c1nc(C(C)Oc1ccc(Cl)cc1)n2CCCOC1CCNC1. The summed E-state index contributed by atoms with van der Waals surface area (Å²) in [6.45, 7) is 7.77. The van der Waals surface area contributed by atoms with E-state index in [1.165, 1.54) is 5.56 Å². The summed E-state index contributed by atoms with van der Waals surface area (Å²) in [6, 6.07) is 13.8. The number of ether oxygens (including phenoxy) is 2. The Morgan fingerprint density at radius 1 is 1.24 bits per heavy atom. The van der Waals surface area contributed by atoms with Gasteiger partial charge in [0.2, 0.25) is 0 Å². The van der Waals surface area contributed by atoms with Crippen LogP contribution in [0.4, 0.5) is 0 Å². The third kappa shape index (κ3) is 4.74.